The highest BCUT2D eigenvalue weighted by molar-refractivity contribution is 6.06. The molecule has 1 saturated heterocycles. The van der Waals surface area contributed by atoms with Gasteiger partial charge in [-0.1, -0.05) is 12.1 Å². The molecular weight excluding hydrogens is 390 g/mol. The van der Waals surface area contributed by atoms with E-state index < -0.39 is 0 Å². The van der Waals surface area contributed by atoms with Gasteiger partial charge in [0, 0.05) is 51.4 Å². The van der Waals surface area contributed by atoms with Crippen molar-refractivity contribution in [1.82, 2.24) is 24.6 Å². The molecule has 31 heavy (non-hydrogen) atoms. The third kappa shape index (κ3) is 3.90. The molecule has 2 aromatic heterocycles. The predicted octanol–water partition coefficient (Wildman–Crippen LogP) is 3.12. The van der Waals surface area contributed by atoms with Crippen LogP contribution < -0.4 is 4.74 Å². The molecule has 2 fully saturated rings. The summed E-state index contributed by atoms with van der Waals surface area (Å²) in [5, 5.41) is 5.44. The molecule has 7 heteroatoms. The zero-order chi connectivity index (χ0) is 21.5. The molecule has 2 aliphatic rings. The van der Waals surface area contributed by atoms with Crippen LogP contribution in [0.25, 0.3) is 11.0 Å². The Hall–Kier alpha value is -2.93. The zero-order valence-electron chi connectivity index (χ0n) is 18.5. The number of aromatic nitrogens is 3. The van der Waals surface area contributed by atoms with Crippen molar-refractivity contribution in [1.29, 1.82) is 0 Å². The number of hydrogen-bond donors (Lipinski definition) is 0. The van der Waals surface area contributed by atoms with Crippen molar-refractivity contribution in [2.45, 2.75) is 32.2 Å². The minimum atomic E-state index is 0.106. The molecule has 5 rings (SSSR count). The van der Waals surface area contributed by atoms with Gasteiger partial charge in [0.2, 0.25) is 0 Å². The Morgan fingerprint density at radius 1 is 1.13 bits per heavy atom. The van der Waals surface area contributed by atoms with Crippen LogP contribution in [0.1, 0.15) is 46.1 Å². The van der Waals surface area contributed by atoms with Gasteiger partial charge < -0.3 is 9.64 Å². The second-order valence-corrected chi connectivity index (χ2v) is 8.69. The maximum absolute atomic E-state index is 13.5. The van der Waals surface area contributed by atoms with E-state index in [9.17, 15) is 4.79 Å². The third-order valence-electron chi connectivity index (χ3n) is 6.44. The van der Waals surface area contributed by atoms with E-state index in [4.69, 9.17) is 9.72 Å². The standard InChI is InChI=1S/C24H29N5O2/c1-16-22-20(14-21(18-6-7-18)25-23(22)27(2)26-16)24(30)29-12-10-28(11-13-29)15-17-4-8-19(31-3)9-5-17/h4-5,8-9,14,18H,6-7,10-13,15H2,1-3H3. The van der Waals surface area contributed by atoms with Gasteiger partial charge in [0.1, 0.15) is 5.75 Å². The zero-order valence-corrected chi connectivity index (χ0v) is 18.5. The summed E-state index contributed by atoms with van der Waals surface area (Å²) in [7, 11) is 3.59. The average Bonchev–Trinajstić information content (AvgIpc) is 3.60. The van der Waals surface area contributed by atoms with E-state index in [1.165, 1.54) is 5.56 Å². The lowest BCUT2D eigenvalue weighted by Crippen LogP contribution is -2.48. The number of carbonyl (C=O) groups excluding carboxylic acids is 1. The second kappa shape index (κ2) is 7.96. The first-order valence-electron chi connectivity index (χ1n) is 11.0. The number of amides is 1. The minimum absolute atomic E-state index is 0.106. The van der Waals surface area contributed by atoms with E-state index >= 15 is 0 Å². The number of methoxy groups -OCH3 is 1. The van der Waals surface area contributed by atoms with Crippen LogP contribution in [0.15, 0.2) is 30.3 Å². The van der Waals surface area contributed by atoms with Gasteiger partial charge in [-0.15, -0.1) is 0 Å². The number of aryl methyl sites for hydroxylation is 2. The van der Waals surface area contributed by atoms with Crippen LogP contribution in [0.5, 0.6) is 5.75 Å². The molecule has 0 bridgehead atoms. The highest BCUT2D eigenvalue weighted by Gasteiger charge is 2.30. The Kier molecular flexibility index (Phi) is 5.14. The van der Waals surface area contributed by atoms with Gasteiger partial charge in [-0.05, 0) is 43.5 Å². The van der Waals surface area contributed by atoms with Crippen molar-refractivity contribution >= 4 is 16.9 Å². The first-order valence-corrected chi connectivity index (χ1v) is 11.0. The molecule has 1 aliphatic heterocycles. The molecule has 162 valence electrons. The first kappa shape index (κ1) is 20.0. The summed E-state index contributed by atoms with van der Waals surface area (Å²) in [6, 6.07) is 10.2. The lowest BCUT2D eigenvalue weighted by Gasteiger charge is -2.35. The molecular formula is C24H29N5O2. The highest BCUT2D eigenvalue weighted by Crippen LogP contribution is 2.40. The number of hydrogen-bond acceptors (Lipinski definition) is 5. The summed E-state index contributed by atoms with van der Waals surface area (Å²) in [4.78, 5) is 22.8. The summed E-state index contributed by atoms with van der Waals surface area (Å²) in [5.41, 5.74) is 4.76. The number of piperazine rings is 1. The molecule has 0 atom stereocenters. The summed E-state index contributed by atoms with van der Waals surface area (Å²) in [6.45, 7) is 6.05. The van der Waals surface area contributed by atoms with Gasteiger partial charge in [0.15, 0.2) is 5.65 Å². The monoisotopic (exact) mass is 419 g/mol. The van der Waals surface area contributed by atoms with Crippen LogP contribution >= 0.6 is 0 Å². The number of ether oxygens (including phenoxy) is 1. The minimum Gasteiger partial charge on any atom is -0.497 e. The molecule has 1 aromatic carbocycles. The smallest absolute Gasteiger partial charge is 0.254 e. The molecule has 1 aliphatic carbocycles. The van der Waals surface area contributed by atoms with Crippen molar-refractivity contribution in [3.05, 3.63) is 52.8 Å². The Labute approximate surface area is 182 Å². The summed E-state index contributed by atoms with van der Waals surface area (Å²) in [6.07, 6.45) is 2.32. The summed E-state index contributed by atoms with van der Waals surface area (Å²) >= 11 is 0. The summed E-state index contributed by atoms with van der Waals surface area (Å²) < 4.78 is 7.05. The van der Waals surface area contributed by atoms with Crippen LogP contribution in [0.4, 0.5) is 0 Å². The predicted molar refractivity (Wildman–Crippen MR) is 119 cm³/mol. The highest BCUT2D eigenvalue weighted by atomic mass is 16.5. The fourth-order valence-corrected chi connectivity index (χ4v) is 4.49. The normalized spacial score (nSPS) is 17.3. The lowest BCUT2D eigenvalue weighted by atomic mass is 10.1. The van der Waals surface area contributed by atoms with E-state index in [2.05, 4.69) is 22.1 Å². The van der Waals surface area contributed by atoms with E-state index in [1.54, 1.807) is 11.8 Å². The Balaban J connectivity index is 1.32. The second-order valence-electron chi connectivity index (χ2n) is 8.69. The van der Waals surface area contributed by atoms with Crippen LogP contribution in [-0.2, 0) is 13.6 Å². The van der Waals surface area contributed by atoms with Gasteiger partial charge in [-0.3, -0.25) is 14.4 Å². The van der Waals surface area contributed by atoms with E-state index in [1.807, 2.05) is 37.1 Å². The van der Waals surface area contributed by atoms with E-state index in [-0.39, 0.29) is 5.91 Å². The Bertz CT molecular complexity index is 1110. The fraction of sp³-hybridized carbons (Fsp3) is 0.458. The number of pyridine rings is 1. The molecule has 3 heterocycles. The van der Waals surface area contributed by atoms with Crippen molar-refractivity contribution in [2.24, 2.45) is 7.05 Å². The van der Waals surface area contributed by atoms with E-state index in [0.29, 0.717) is 5.92 Å². The third-order valence-corrected chi connectivity index (χ3v) is 6.44. The van der Waals surface area contributed by atoms with Crippen molar-refractivity contribution in [2.75, 3.05) is 33.3 Å². The topological polar surface area (TPSA) is 63.5 Å². The van der Waals surface area contributed by atoms with Crippen LogP contribution in [0, 0.1) is 6.92 Å². The van der Waals surface area contributed by atoms with Gasteiger partial charge in [-0.2, -0.15) is 5.10 Å². The molecule has 3 aromatic rings. The van der Waals surface area contributed by atoms with Gasteiger partial charge >= 0.3 is 0 Å². The SMILES string of the molecule is COc1ccc(CN2CCN(C(=O)c3cc(C4CC4)nc4c3c(C)nn4C)CC2)cc1. The number of carbonyl (C=O) groups is 1. The van der Waals surface area contributed by atoms with Gasteiger partial charge in [0.25, 0.3) is 5.91 Å². The summed E-state index contributed by atoms with van der Waals surface area (Å²) in [5.74, 6) is 1.47. The number of benzene rings is 1. The van der Waals surface area contributed by atoms with Crippen molar-refractivity contribution < 1.29 is 9.53 Å². The Morgan fingerprint density at radius 3 is 2.48 bits per heavy atom. The average molecular weight is 420 g/mol. The van der Waals surface area contributed by atoms with Crippen LogP contribution in [0.3, 0.4) is 0 Å². The molecule has 0 N–H and O–H groups in total. The number of fused-ring (bicyclic) bond motifs is 1. The molecule has 0 radical (unpaired) electrons. The van der Waals surface area contributed by atoms with Crippen molar-refractivity contribution in [3.8, 4) is 5.75 Å². The maximum Gasteiger partial charge on any atom is 0.254 e. The molecule has 7 nitrogen and oxygen atoms in total. The largest absolute Gasteiger partial charge is 0.497 e. The first-order chi connectivity index (χ1) is 15.0. The lowest BCUT2D eigenvalue weighted by molar-refractivity contribution is 0.0630. The van der Waals surface area contributed by atoms with Gasteiger partial charge in [0.05, 0.1) is 23.8 Å². The van der Waals surface area contributed by atoms with Crippen LogP contribution in [-0.4, -0.2) is 63.8 Å². The molecule has 1 amide bonds. The maximum atomic E-state index is 13.5. The number of rotatable bonds is 5. The molecule has 1 saturated carbocycles. The molecule has 0 spiro atoms. The van der Waals surface area contributed by atoms with Gasteiger partial charge in [-0.25, -0.2) is 4.98 Å². The van der Waals surface area contributed by atoms with Crippen molar-refractivity contribution in [3.63, 3.8) is 0 Å². The quantitative estimate of drug-likeness (QED) is 0.636. The molecule has 0 unspecified atom stereocenters. The Morgan fingerprint density at radius 2 is 1.84 bits per heavy atom. The fourth-order valence-electron chi connectivity index (χ4n) is 4.49. The van der Waals surface area contributed by atoms with Crippen LogP contribution in [0.2, 0.25) is 0 Å². The number of nitrogens with zero attached hydrogens (tertiary/aromatic N) is 5. The van der Waals surface area contributed by atoms with E-state index in [0.717, 1.165) is 79.3 Å².